The summed E-state index contributed by atoms with van der Waals surface area (Å²) in [5, 5.41) is 0. The maximum Gasteiger partial charge on any atom is 0.241 e. The fourth-order valence-corrected chi connectivity index (χ4v) is 5.56. The van der Waals surface area contributed by atoms with E-state index in [1.54, 1.807) is 60.7 Å². The Morgan fingerprint density at radius 1 is 0.800 bits per heavy atom. The van der Waals surface area contributed by atoms with Crippen LogP contribution in [0.4, 0.5) is 5.69 Å². The van der Waals surface area contributed by atoms with E-state index in [2.05, 4.69) is 0 Å². The van der Waals surface area contributed by atoms with Crippen LogP contribution in [0.1, 0.15) is 37.9 Å². The summed E-state index contributed by atoms with van der Waals surface area (Å²) in [6, 6.07) is 20.3. The molecule has 0 saturated carbocycles. The van der Waals surface area contributed by atoms with Crippen LogP contribution in [0.25, 0.3) is 0 Å². The zero-order valence-electron chi connectivity index (χ0n) is 19.1. The molecule has 2 aliphatic heterocycles. The lowest BCUT2D eigenvalue weighted by Crippen LogP contribution is -2.51. The number of aryl methyl sites for hydroxylation is 1. The highest BCUT2D eigenvalue weighted by Crippen LogP contribution is 2.57. The predicted molar refractivity (Wildman–Crippen MR) is 125 cm³/mol. The monoisotopic (exact) mass is 467 g/mol. The largest absolute Gasteiger partial charge is 0.497 e. The number of methoxy groups -OCH3 is 1. The molecule has 2 heterocycles. The van der Waals surface area contributed by atoms with E-state index in [0.29, 0.717) is 17.0 Å². The number of imide groups is 1. The molecule has 0 aromatic heterocycles. The highest BCUT2D eigenvalue weighted by atomic mass is 16.5. The standard InChI is InChI=1S/C28H21NO6/c1-15-7-9-16(10-8-15)23-21-22(27(33)29(26(21)32)17-11-13-18(34-2)14-12-17)28(35-23)24(30)19-5-3-4-6-20(19)25(28)31/h3-14,21-23H,1-2H3/t21-,22-,23-/m0/s1. The van der Waals surface area contributed by atoms with E-state index in [1.807, 2.05) is 19.1 Å². The van der Waals surface area contributed by atoms with Crippen LogP contribution in [0.3, 0.4) is 0 Å². The van der Waals surface area contributed by atoms with Crippen molar-refractivity contribution < 1.29 is 28.7 Å². The molecule has 3 atom stereocenters. The smallest absolute Gasteiger partial charge is 0.241 e. The molecule has 0 N–H and O–H groups in total. The SMILES string of the molecule is COc1ccc(N2C(=O)[C@H]3[C@@H](C2=O)C2(O[C@H]3c3ccc(C)cc3)C(=O)c3ccccc3C2=O)cc1. The molecular formula is C28H21NO6. The highest BCUT2D eigenvalue weighted by molar-refractivity contribution is 6.37. The van der Waals surface area contributed by atoms with E-state index < -0.39 is 46.9 Å². The Balaban J connectivity index is 1.52. The van der Waals surface area contributed by atoms with Crippen LogP contribution < -0.4 is 9.64 Å². The van der Waals surface area contributed by atoms with Crippen molar-refractivity contribution in [3.63, 3.8) is 0 Å². The van der Waals surface area contributed by atoms with Gasteiger partial charge in [-0.15, -0.1) is 0 Å². The summed E-state index contributed by atoms with van der Waals surface area (Å²) in [4.78, 5) is 56.2. The van der Waals surface area contributed by atoms with Crippen LogP contribution in [0.5, 0.6) is 5.75 Å². The van der Waals surface area contributed by atoms with Crippen molar-refractivity contribution in [2.75, 3.05) is 12.0 Å². The van der Waals surface area contributed by atoms with Crippen molar-refractivity contribution in [2.24, 2.45) is 11.8 Å². The van der Waals surface area contributed by atoms with Gasteiger partial charge in [0.15, 0.2) is 0 Å². The van der Waals surface area contributed by atoms with E-state index in [4.69, 9.17) is 9.47 Å². The first-order chi connectivity index (χ1) is 16.9. The Labute approximate surface area is 201 Å². The number of Topliss-reactive ketones (excluding diaryl/α,β-unsaturated/α-hetero) is 2. The number of rotatable bonds is 3. The van der Waals surface area contributed by atoms with Crippen molar-refractivity contribution in [1.29, 1.82) is 0 Å². The van der Waals surface area contributed by atoms with E-state index in [1.165, 1.54) is 7.11 Å². The quantitative estimate of drug-likeness (QED) is 0.431. The van der Waals surface area contributed by atoms with Gasteiger partial charge in [0.1, 0.15) is 5.75 Å². The number of anilines is 1. The second-order valence-electron chi connectivity index (χ2n) is 9.10. The number of ether oxygens (including phenoxy) is 2. The fourth-order valence-electron chi connectivity index (χ4n) is 5.56. The molecule has 0 bridgehead atoms. The summed E-state index contributed by atoms with van der Waals surface area (Å²) in [6.07, 6.45) is -0.928. The normalized spacial score (nSPS) is 24.3. The number of fused-ring (bicyclic) bond motifs is 3. The average molecular weight is 467 g/mol. The Hall–Kier alpha value is -4.10. The minimum Gasteiger partial charge on any atom is -0.497 e. The van der Waals surface area contributed by atoms with Crippen LogP contribution in [-0.2, 0) is 14.3 Å². The molecule has 6 rings (SSSR count). The molecule has 2 saturated heterocycles. The zero-order chi connectivity index (χ0) is 24.5. The molecule has 2 amide bonds. The van der Waals surface area contributed by atoms with E-state index in [-0.39, 0.29) is 11.1 Å². The number of ketones is 2. The number of hydrogen-bond acceptors (Lipinski definition) is 6. The van der Waals surface area contributed by atoms with Crippen LogP contribution in [0.2, 0.25) is 0 Å². The number of benzene rings is 3. The Kier molecular flexibility index (Phi) is 4.56. The molecule has 3 aromatic rings. The Morgan fingerprint density at radius 3 is 1.97 bits per heavy atom. The Morgan fingerprint density at radius 2 is 1.40 bits per heavy atom. The second kappa shape index (κ2) is 7.45. The fraction of sp³-hybridized carbons (Fsp3) is 0.214. The van der Waals surface area contributed by atoms with Crippen molar-refractivity contribution in [3.8, 4) is 5.75 Å². The van der Waals surface area contributed by atoms with Gasteiger partial charge in [-0.3, -0.25) is 19.2 Å². The summed E-state index contributed by atoms with van der Waals surface area (Å²) >= 11 is 0. The minimum absolute atomic E-state index is 0.212. The topological polar surface area (TPSA) is 90.0 Å². The number of amides is 2. The second-order valence-corrected chi connectivity index (χ2v) is 9.10. The zero-order valence-corrected chi connectivity index (χ0v) is 19.1. The first-order valence-corrected chi connectivity index (χ1v) is 11.3. The maximum atomic E-state index is 13.9. The van der Waals surface area contributed by atoms with E-state index >= 15 is 0 Å². The molecule has 0 radical (unpaired) electrons. The summed E-state index contributed by atoms with van der Waals surface area (Å²) in [7, 11) is 1.52. The lowest BCUT2D eigenvalue weighted by atomic mass is 9.77. The van der Waals surface area contributed by atoms with Gasteiger partial charge in [0.2, 0.25) is 29.0 Å². The first kappa shape index (κ1) is 21.4. The van der Waals surface area contributed by atoms with Gasteiger partial charge in [0, 0.05) is 11.1 Å². The Bertz CT molecular complexity index is 1370. The van der Waals surface area contributed by atoms with Gasteiger partial charge in [-0.25, -0.2) is 4.90 Å². The van der Waals surface area contributed by atoms with Crippen LogP contribution in [0, 0.1) is 18.8 Å². The van der Waals surface area contributed by atoms with Crippen molar-refractivity contribution in [1.82, 2.24) is 0 Å². The predicted octanol–water partition coefficient (Wildman–Crippen LogP) is 3.70. The molecule has 3 aromatic carbocycles. The number of carbonyl (C=O) groups excluding carboxylic acids is 4. The molecule has 3 aliphatic rings. The van der Waals surface area contributed by atoms with Gasteiger partial charge in [-0.05, 0) is 36.8 Å². The van der Waals surface area contributed by atoms with Crippen molar-refractivity contribution in [3.05, 3.63) is 95.1 Å². The van der Waals surface area contributed by atoms with Gasteiger partial charge >= 0.3 is 0 Å². The molecular weight excluding hydrogens is 446 g/mol. The first-order valence-electron chi connectivity index (χ1n) is 11.3. The molecule has 1 aliphatic carbocycles. The van der Waals surface area contributed by atoms with Crippen LogP contribution in [-0.4, -0.2) is 36.1 Å². The highest BCUT2D eigenvalue weighted by Gasteiger charge is 2.74. The van der Waals surface area contributed by atoms with Crippen molar-refractivity contribution in [2.45, 2.75) is 18.6 Å². The molecule has 7 nitrogen and oxygen atoms in total. The molecule has 1 spiro atoms. The maximum absolute atomic E-state index is 13.9. The lowest BCUT2D eigenvalue weighted by molar-refractivity contribution is -0.127. The molecule has 35 heavy (non-hydrogen) atoms. The molecule has 0 unspecified atom stereocenters. The lowest BCUT2D eigenvalue weighted by Gasteiger charge is -2.27. The van der Waals surface area contributed by atoms with Crippen LogP contribution in [0.15, 0.2) is 72.8 Å². The molecule has 2 fully saturated rings. The molecule has 7 heteroatoms. The van der Waals surface area contributed by atoms with Gasteiger partial charge in [0.25, 0.3) is 0 Å². The third-order valence-electron chi connectivity index (χ3n) is 7.26. The third-order valence-corrected chi connectivity index (χ3v) is 7.26. The molecule has 174 valence electrons. The number of carbonyl (C=O) groups is 4. The number of nitrogens with zero attached hydrogens (tertiary/aromatic N) is 1. The van der Waals surface area contributed by atoms with Crippen molar-refractivity contribution >= 4 is 29.1 Å². The van der Waals surface area contributed by atoms with Gasteiger partial charge in [0.05, 0.1) is 30.7 Å². The summed E-state index contributed by atoms with van der Waals surface area (Å²) in [6.45, 7) is 1.93. The minimum atomic E-state index is -2.07. The summed E-state index contributed by atoms with van der Waals surface area (Å²) in [5.41, 5.74) is 0.345. The summed E-state index contributed by atoms with van der Waals surface area (Å²) < 4.78 is 11.5. The average Bonchev–Trinajstić information content (AvgIpc) is 3.44. The van der Waals surface area contributed by atoms with Gasteiger partial charge < -0.3 is 9.47 Å². The third kappa shape index (κ3) is 2.76. The van der Waals surface area contributed by atoms with Gasteiger partial charge in [-0.1, -0.05) is 54.1 Å². The van der Waals surface area contributed by atoms with Crippen LogP contribution >= 0.6 is 0 Å². The summed E-state index contributed by atoms with van der Waals surface area (Å²) in [5.74, 6) is -3.97. The van der Waals surface area contributed by atoms with E-state index in [0.717, 1.165) is 10.5 Å². The number of hydrogen-bond donors (Lipinski definition) is 0. The van der Waals surface area contributed by atoms with Gasteiger partial charge in [-0.2, -0.15) is 0 Å². The van der Waals surface area contributed by atoms with E-state index in [9.17, 15) is 19.2 Å².